The third kappa shape index (κ3) is 2.96. The first-order chi connectivity index (χ1) is 11.7. The SMILES string of the molecule is Cc1noc(C)c1S(=O)(=O)N1Cc2ccccc2CC1C(=O)N(C)C. The molecule has 1 amide bonds. The van der Waals surface area contributed by atoms with Crippen LogP contribution >= 0.6 is 0 Å². The van der Waals surface area contributed by atoms with E-state index in [2.05, 4.69) is 5.16 Å². The van der Waals surface area contributed by atoms with E-state index in [1.165, 1.54) is 9.21 Å². The Morgan fingerprint density at radius 3 is 2.44 bits per heavy atom. The van der Waals surface area contributed by atoms with Crippen LogP contribution in [0.4, 0.5) is 0 Å². The first kappa shape index (κ1) is 17.6. The molecule has 3 rings (SSSR count). The highest BCUT2D eigenvalue weighted by atomic mass is 32.2. The number of likely N-dealkylation sites (N-methyl/N-ethyl adjacent to an activating group) is 1. The van der Waals surface area contributed by atoms with E-state index in [4.69, 9.17) is 4.52 Å². The van der Waals surface area contributed by atoms with Crippen molar-refractivity contribution < 1.29 is 17.7 Å². The van der Waals surface area contributed by atoms with Gasteiger partial charge in [-0.25, -0.2) is 8.42 Å². The molecule has 0 saturated carbocycles. The molecule has 0 saturated heterocycles. The molecule has 1 unspecified atom stereocenters. The van der Waals surface area contributed by atoms with Crippen molar-refractivity contribution in [3.05, 3.63) is 46.8 Å². The van der Waals surface area contributed by atoms with Crippen molar-refractivity contribution in [3.63, 3.8) is 0 Å². The summed E-state index contributed by atoms with van der Waals surface area (Å²) in [5.41, 5.74) is 2.20. The van der Waals surface area contributed by atoms with E-state index in [9.17, 15) is 13.2 Å². The molecule has 1 aliphatic heterocycles. The molecule has 1 atom stereocenters. The average molecular weight is 363 g/mol. The molecule has 0 fully saturated rings. The predicted octanol–water partition coefficient (Wildman–Crippen LogP) is 1.50. The molecule has 8 heteroatoms. The molecule has 2 heterocycles. The largest absolute Gasteiger partial charge is 0.360 e. The van der Waals surface area contributed by atoms with Gasteiger partial charge in [0.1, 0.15) is 16.6 Å². The third-order valence-electron chi connectivity index (χ3n) is 4.47. The van der Waals surface area contributed by atoms with Gasteiger partial charge in [-0.2, -0.15) is 4.31 Å². The topological polar surface area (TPSA) is 83.7 Å². The Hall–Kier alpha value is -2.19. The second kappa shape index (κ2) is 6.27. The molecule has 1 aromatic carbocycles. The number of carbonyl (C=O) groups is 1. The quantitative estimate of drug-likeness (QED) is 0.825. The van der Waals surface area contributed by atoms with Crippen LogP contribution in [-0.2, 0) is 27.8 Å². The zero-order chi connectivity index (χ0) is 18.4. The summed E-state index contributed by atoms with van der Waals surface area (Å²) in [6.45, 7) is 3.30. The van der Waals surface area contributed by atoms with E-state index >= 15 is 0 Å². The second-order valence-corrected chi connectivity index (χ2v) is 8.25. The summed E-state index contributed by atoms with van der Waals surface area (Å²) in [7, 11) is -0.664. The lowest BCUT2D eigenvalue weighted by Crippen LogP contribution is -2.52. The van der Waals surface area contributed by atoms with Gasteiger partial charge in [0.05, 0.1) is 0 Å². The normalized spacial score (nSPS) is 18.0. The van der Waals surface area contributed by atoms with Crippen LogP contribution in [0.3, 0.4) is 0 Å². The van der Waals surface area contributed by atoms with Crippen LogP contribution < -0.4 is 0 Å². The van der Waals surface area contributed by atoms with Gasteiger partial charge in [-0.1, -0.05) is 29.4 Å². The molecular formula is C17H21N3O4S. The first-order valence-corrected chi connectivity index (χ1v) is 9.40. The van der Waals surface area contributed by atoms with Gasteiger partial charge in [-0.15, -0.1) is 0 Å². The van der Waals surface area contributed by atoms with E-state index in [0.29, 0.717) is 12.1 Å². The number of sulfonamides is 1. The Labute approximate surface area is 147 Å². The highest BCUT2D eigenvalue weighted by Crippen LogP contribution is 2.32. The van der Waals surface area contributed by atoms with Crippen molar-refractivity contribution >= 4 is 15.9 Å². The van der Waals surface area contributed by atoms with E-state index in [0.717, 1.165) is 11.1 Å². The number of nitrogens with zero attached hydrogens (tertiary/aromatic N) is 3. The number of fused-ring (bicyclic) bond motifs is 1. The summed E-state index contributed by atoms with van der Waals surface area (Å²) in [6, 6.07) is 6.80. The van der Waals surface area contributed by atoms with Gasteiger partial charge < -0.3 is 9.42 Å². The fourth-order valence-corrected chi connectivity index (χ4v) is 5.07. The van der Waals surface area contributed by atoms with E-state index < -0.39 is 16.1 Å². The Morgan fingerprint density at radius 1 is 1.24 bits per heavy atom. The lowest BCUT2D eigenvalue weighted by molar-refractivity contribution is -0.133. The smallest absolute Gasteiger partial charge is 0.249 e. The van der Waals surface area contributed by atoms with Crippen LogP contribution in [0.2, 0.25) is 0 Å². The maximum Gasteiger partial charge on any atom is 0.249 e. The van der Waals surface area contributed by atoms with Gasteiger partial charge in [0.2, 0.25) is 15.9 Å². The Bertz CT molecular complexity index is 898. The fraction of sp³-hybridized carbons (Fsp3) is 0.412. The summed E-state index contributed by atoms with van der Waals surface area (Å²) >= 11 is 0. The monoisotopic (exact) mass is 363 g/mol. The molecule has 25 heavy (non-hydrogen) atoms. The number of carbonyl (C=O) groups excluding carboxylic acids is 1. The van der Waals surface area contributed by atoms with Crippen molar-refractivity contribution in [3.8, 4) is 0 Å². The number of aromatic nitrogens is 1. The summed E-state index contributed by atoms with van der Waals surface area (Å²) < 4.78 is 32.9. The van der Waals surface area contributed by atoms with Crippen molar-refractivity contribution in [1.29, 1.82) is 0 Å². The molecular weight excluding hydrogens is 342 g/mol. The minimum Gasteiger partial charge on any atom is -0.360 e. The van der Waals surface area contributed by atoms with Gasteiger partial charge in [-0.3, -0.25) is 4.79 Å². The number of benzene rings is 1. The molecule has 134 valence electrons. The maximum absolute atomic E-state index is 13.3. The molecule has 1 aromatic heterocycles. The van der Waals surface area contributed by atoms with Crippen LogP contribution in [0.15, 0.2) is 33.7 Å². The molecule has 0 spiro atoms. The zero-order valence-corrected chi connectivity index (χ0v) is 15.5. The van der Waals surface area contributed by atoms with Gasteiger partial charge in [0.15, 0.2) is 5.76 Å². The predicted molar refractivity (Wildman–Crippen MR) is 91.3 cm³/mol. The number of aryl methyl sites for hydroxylation is 2. The van der Waals surface area contributed by atoms with Crippen LogP contribution in [0, 0.1) is 13.8 Å². The lowest BCUT2D eigenvalue weighted by Gasteiger charge is -2.36. The first-order valence-electron chi connectivity index (χ1n) is 7.96. The molecule has 0 N–H and O–H groups in total. The average Bonchev–Trinajstić information content (AvgIpc) is 2.92. The van der Waals surface area contributed by atoms with Crippen LogP contribution in [-0.4, -0.2) is 48.8 Å². The Morgan fingerprint density at radius 2 is 1.88 bits per heavy atom. The molecule has 0 radical (unpaired) electrons. The number of rotatable bonds is 3. The van der Waals surface area contributed by atoms with Crippen molar-refractivity contribution in [2.24, 2.45) is 0 Å². The van der Waals surface area contributed by atoms with Crippen molar-refractivity contribution in [1.82, 2.24) is 14.4 Å². The minimum atomic E-state index is -3.92. The van der Waals surface area contributed by atoms with Crippen LogP contribution in [0.25, 0.3) is 0 Å². The van der Waals surface area contributed by atoms with Gasteiger partial charge in [0, 0.05) is 20.6 Å². The van der Waals surface area contributed by atoms with E-state index in [1.807, 2.05) is 24.3 Å². The highest BCUT2D eigenvalue weighted by Gasteiger charge is 2.42. The lowest BCUT2D eigenvalue weighted by atomic mass is 9.95. The zero-order valence-electron chi connectivity index (χ0n) is 14.7. The van der Waals surface area contributed by atoms with Crippen LogP contribution in [0.5, 0.6) is 0 Å². The molecule has 0 aliphatic carbocycles. The second-order valence-electron chi connectivity index (χ2n) is 6.42. The third-order valence-corrected chi connectivity index (χ3v) is 6.57. The van der Waals surface area contributed by atoms with Gasteiger partial charge in [-0.05, 0) is 31.4 Å². The number of hydrogen-bond acceptors (Lipinski definition) is 5. The summed E-state index contributed by atoms with van der Waals surface area (Å²) in [4.78, 5) is 14.2. The summed E-state index contributed by atoms with van der Waals surface area (Å²) in [6.07, 6.45) is 0.343. The Kier molecular flexibility index (Phi) is 4.42. The minimum absolute atomic E-state index is 0.0448. The molecule has 7 nitrogen and oxygen atoms in total. The maximum atomic E-state index is 13.3. The molecule has 1 aliphatic rings. The molecule has 0 bridgehead atoms. The van der Waals surface area contributed by atoms with Crippen molar-refractivity contribution in [2.75, 3.05) is 14.1 Å². The highest BCUT2D eigenvalue weighted by molar-refractivity contribution is 7.89. The van der Waals surface area contributed by atoms with Crippen LogP contribution in [0.1, 0.15) is 22.6 Å². The summed E-state index contributed by atoms with van der Waals surface area (Å²) in [5, 5.41) is 3.75. The standard InChI is InChI=1S/C17H21N3O4S/c1-11-16(12(2)24-18-11)25(22,23)20-10-14-8-6-5-7-13(14)9-15(20)17(21)19(3)4/h5-8,15H,9-10H2,1-4H3. The van der Waals surface area contributed by atoms with E-state index in [1.54, 1.807) is 27.9 Å². The van der Waals surface area contributed by atoms with Gasteiger partial charge in [0.25, 0.3) is 0 Å². The summed E-state index contributed by atoms with van der Waals surface area (Å²) in [5.74, 6) is -0.0164. The number of amides is 1. The fourth-order valence-electron chi connectivity index (χ4n) is 3.22. The number of hydrogen-bond donors (Lipinski definition) is 0. The van der Waals surface area contributed by atoms with E-state index in [-0.39, 0.29) is 23.1 Å². The Balaban J connectivity index is 2.12. The van der Waals surface area contributed by atoms with Gasteiger partial charge >= 0.3 is 0 Å². The van der Waals surface area contributed by atoms with Crippen molar-refractivity contribution in [2.45, 2.75) is 37.8 Å². The molecule has 2 aromatic rings.